The van der Waals surface area contributed by atoms with Gasteiger partial charge in [-0.05, 0) is 24.1 Å². The van der Waals surface area contributed by atoms with Crippen molar-refractivity contribution in [2.24, 2.45) is 5.10 Å². The normalized spacial score (nSPS) is 16.2. The quantitative estimate of drug-likeness (QED) is 0.762. The second kappa shape index (κ2) is 3.96. The third-order valence-electron chi connectivity index (χ3n) is 2.51. The Morgan fingerprint density at radius 1 is 1.38 bits per heavy atom. The Bertz CT molecular complexity index is 463. The van der Waals surface area contributed by atoms with E-state index in [4.69, 9.17) is 0 Å². The van der Waals surface area contributed by atoms with Crippen LogP contribution in [-0.2, 0) is 11.2 Å². The average molecular weight is 217 g/mol. The Morgan fingerprint density at radius 3 is 2.75 bits per heavy atom. The van der Waals surface area contributed by atoms with Gasteiger partial charge in [-0.2, -0.15) is 5.10 Å². The molecule has 1 aromatic carbocycles. The van der Waals surface area contributed by atoms with Crippen LogP contribution >= 0.6 is 0 Å². The van der Waals surface area contributed by atoms with Gasteiger partial charge in [0.2, 0.25) is 0 Å². The van der Waals surface area contributed by atoms with Gasteiger partial charge in [0.05, 0.1) is 5.69 Å². The molecule has 4 heteroatoms. The van der Waals surface area contributed by atoms with Gasteiger partial charge in [0.1, 0.15) is 0 Å². The highest BCUT2D eigenvalue weighted by atomic mass is 16.2. The Hall–Kier alpha value is -1.84. The monoisotopic (exact) mass is 217 g/mol. The van der Waals surface area contributed by atoms with Crippen molar-refractivity contribution in [3.05, 3.63) is 29.3 Å². The molecule has 0 radical (unpaired) electrons. The van der Waals surface area contributed by atoms with Crippen molar-refractivity contribution in [3.63, 3.8) is 0 Å². The fourth-order valence-corrected chi connectivity index (χ4v) is 1.72. The van der Waals surface area contributed by atoms with E-state index in [1.54, 1.807) is 5.01 Å². The molecule has 16 heavy (non-hydrogen) atoms. The molecule has 1 N–H and O–H groups in total. The number of fused-ring (bicyclic) bond motifs is 1. The van der Waals surface area contributed by atoms with Crippen LogP contribution in [-0.4, -0.2) is 30.7 Å². The first-order chi connectivity index (χ1) is 7.61. The molecule has 1 heterocycles. The molecule has 0 spiro atoms. The molecule has 1 aromatic rings. The number of nitrogens with one attached hydrogen (secondary N) is 1. The van der Waals surface area contributed by atoms with E-state index < -0.39 is 0 Å². The lowest BCUT2D eigenvalue weighted by Crippen LogP contribution is -2.18. The summed E-state index contributed by atoms with van der Waals surface area (Å²) in [5.41, 5.74) is 3.46. The molecule has 4 nitrogen and oxygen atoms in total. The molecule has 0 aromatic heterocycles. The van der Waals surface area contributed by atoms with Crippen molar-refractivity contribution < 1.29 is 4.79 Å². The van der Waals surface area contributed by atoms with Crippen molar-refractivity contribution in [2.45, 2.75) is 13.3 Å². The maximum absolute atomic E-state index is 11.7. The maximum atomic E-state index is 11.7. The van der Waals surface area contributed by atoms with E-state index in [1.165, 1.54) is 5.56 Å². The number of hydrogen-bond donors (Lipinski definition) is 1. The summed E-state index contributed by atoms with van der Waals surface area (Å²) in [5, 5.41) is 8.66. The molecule has 0 atom stereocenters. The van der Waals surface area contributed by atoms with Crippen LogP contribution in [0.2, 0.25) is 0 Å². The molecule has 0 bridgehead atoms. The largest absolute Gasteiger partial charge is 0.320 e. The second-order valence-electron chi connectivity index (χ2n) is 3.98. The van der Waals surface area contributed by atoms with Crippen molar-refractivity contribution in [1.82, 2.24) is 5.01 Å². The summed E-state index contributed by atoms with van der Waals surface area (Å²) in [5.74, 6) is -0.128. The smallest absolute Gasteiger partial charge is 0.276 e. The minimum atomic E-state index is -0.128. The van der Waals surface area contributed by atoms with Gasteiger partial charge >= 0.3 is 0 Å². The minimum absolute atomic E-state index is 0.128. The van der Waals surface area contributed by atoms with Crippen molar-refractivity contribution in [1.29, 1.82) is 0 Å². The van der Waals surface area contributed by atoms with Crippen molar-refractivity contribution in [2.75, 3.05) is 19.4 Å². The predicted octanol–water partition coefficient (Wildman–Crippen LogP) is 1.47. The van der Waals surface area contributed by atoms with Crippen molar-refractivity contribution in [3.8, 4) is 0 Å². The molecule has 0 unspecified atom stereocenters. The standard InChI is InChI=1S/C12H15N3O/c1-4-8-5-6-10-9(7-8)11(12(16)13-10)14-15(2)3/h5-7H,4H2,1-3H3,(H,13,14,16). The van der Waals surface area contributed by atoms with E-state index in [1.807, 2.05) is 32.3 Å². The first-order valence-corrected chi connectivity index (χ1v) is 5.32. The summed E-state index contributed by atoms with van der Waals surface area (Å²) in [6, 6.07) is 5.98. The highest BCUT2D eigenvalue weighted by Crippen LogP contribution is 2.24. The summed E-state index contributed by atoms with van der Waals surface area (Å²) >= 11 is 0. The molecule has 1 aliphatic rings. The van der Waals surface area contributed by atoms with Crippen LogP contribution < -0.4 is 5.32 Å². The van der Waals surface area contributed by atoms with E-state index in [0.717, 1.165) is 17.7 Å². The number of nitrogens with zero attached hydrogens (tertiary/aromatic N) is 2. The fraction of sp³-hybridized carbons (Fsp3) is 0.333. The van der Waals surface area contributed by atoms with Crippen LogP contribution in [0.4, 0.5) is 5.69 Å². The number of carbonyl (C=O) groups is 1. The second-order valence-corrected chi connectivity index (χ2v) is 3.98. The van der Waals surface area contributed by atoms with E-state index in [9.17, 15) is 4.79 Å². The molecule has 84 valence electrons. The molecule has 1 aliphatic heterocycles. The summed E-state index contributed by atoms with van der Waals surface area (Å²) in [6.45, 7) is 2.09. The Labute approximate surface area is 95.0 Å². The number of hydrazone groups is 1. The van der Waals surface area contributed by atoms with Gasteiger partial charge in [-0.1, -0.05) is 13.0 Å². The molecular formula is C12H15N3O. The predicted molar refractivity (Wildman–Crippen MR) is 64.7 cm³/mol. The van der Waals surface area contributed by atoms with Crippen molar-refractivity contribution >= 4 is 17.3 Å². The van der Waals surface area contributed by atoms with E-state index >= 15 is 0 Å². The Balaban J connectivity index is 2.50. The number of carbonyl (C=O) groups excluding carboxylic acids is 1. The number of anilines is 1. The molecule has 0 saturated carbocycles. The number of amides is 1. The molecule has 0 saturated heterocycles. The van der Waals surface area contributed by atoms with Gasteiger partial charge in [0, 0.05) is 19.7 Å². The topological polar surface area (TPSA) is 44.7 Å². The van der Waals surface area contributed by atoms with Crippen LogP contribution in [0, 0.1) is 0 Å². The fourth-order valence-electron chi connectivity index (χ4n) is 1.72. The molecule has 0 fully saturated rings. The first kappa shape index (κ1) is 10.7. The van der Waals surface area contributed by atoms with Crippen LogP contribution in [0.1, 0.15) is 18.1 Å². The summed E-state index contributed by atoms with van der Waals surface area (Å²) < 4.78 is 0. The van der Waals surface area contributed by atoms with Gasteiger partial charge in [-0.15, -0.1) is 0 Å². The third-order valence-corrected chi connectivity index (χ3v) is 2.51. The SMILES string of the molecule is CCc1ccc2c(c1)/C(=N\N(C)C)C(=O)N2. The lowest BCUT2D eigenvalue weighted by atomic mass is 10.1. The number of hydrogen-bond acceptors (Lipinski definition) is 3. The first-order valence-electron chi connectivity index (χ1n) is 5.32. The number of benzene rings is 1. The van der Waals surface area contributed by atoms with Gasteiger partial charge in [0.15, 0.2) is 5.71 Å². The maximum Gasteiger partial charge on any atom is 0.276 e. The average Bonchev–Trinajstić information content (AvgIpc) is 2.54. The van der Waals surface area contributed by atoms with Crippen LogP contribution in [0.25, 0.3) is 0 Å². The summed E-state index contributed by atoms with van der Waals surface area (Å²) in [4.78, 5) is 11.7. The lowest BCUT2D eigenvalue weighted by Gasteiger charge is -2.05. The number of aryl methyl sites for hydroxylation is 1. The van der Waals surface area contributed by atoms with E-state index in [2.05, 4.69) is 17.3 Å². The third kappa shape index (κ3) is 1.78. The zero-order valence-electron chi connectivity index (χ0n) is 9.74. The Morgan fingerprint density at radius 2 is 2.12 bits per heavy atom. The van der Waals surface area contributed by atoms with Gasteiger partial charge in [-0.3, -0.25) is 4.79 Å². The summed E-state index contributed by atoms with van der Waals surface area (Å²) in [7, 11) is 3.61. The lowest BCUT2D eigenvalue weighted by molar-refractivity contribution is -0.110. The van der Waals surface area contributed by atoms with Gasteiger partial charge in [-0.25, -0.2) is 0 Å². The summed E-state index contributed by atoms with van der Waals surface area (Å²) in [6.07, 6.45) is 0.955. The van der Waals surface area contributed by atoms with Crippen LogP contribution in [0.15, 0.2) is 23.3 Å². The molecule has 1 amide bonds. The number of rotatable bonds is 2. The van der Waals surface area contributed by atoms with Gasteiger partial charge < -0.3 is 10.3 Å². The molecular weight excluding hydrogens is 202 g/mol. The zero-order valence-corrected chi connectivity index (χ0v) is 9.74. The van der Waals surface area contributed by atoms with Crippen LogP contribution in [0.5, 0.6) is 0 Å². The minimum Gasteiger partial charge on any atom is -0.320 e. The molecule has 2 rings (SSSR count). The Kier molecular flexibility index (Phi) is 2.64. The van der Waals surface area contributed by atoms with Crippen LogP contribution in [0.3, 0.4) is 0 Å². The zero-order chi connectivity index (χ0) is 11.7. The van der Waals surface area contributed by atoms with Gasteiger partial charge in [0.25, 0.3) is 5.91 Å². The highest BCUT2D eigenvalue weighted by molar-refractivity contribution is 6.53. The van der Waals surface area contributed by atoms with E-state index in [-0.39, 0.29) is 5.91 Å². The highest BCUT2D eigenvalue weighted by Gasteiger charge is 2.26. The molecule has 0 aliphatic carbocycles. The van der Waals surface area contributed by atoms with E-state index in [0.29, 0.717) is 5.71 Å².